The predicted molar refractivity (Wildman–Crippen MR) is 72.3 cm³/mol. The summed E-state index contributed by atoms with van der Waals surface area (Å²) < 4.78 is 0. The molecule has 3 rings (SSSR count). The van der Waals surface area contributed by atoms with Crippen LogP contribution in [0.4, 0.5) is 0 Å². The fourth-order valence-corrected chi connectivity index (χ4v) is 4.04. The molecule has 102 valence electrons. The normalized spacial score (nSPS) is 33.9. The van der Waals surface area contributed by atoms with E-state index in [0.717, 1.165) is 25.9 Å². The van der Waals surface area contributed by atoms with Crippen molar-refractivity contribution in [3.8, 4) is 0 Å². The van der Waals surface area contributed by atoms with Crippen LogP contribution in [0.2, 0.25) is 0 Å². The molecule has 0 aromatic heterocycles. The highest BCUT2D eigenvalue weighted by Gasteiger charge is 2.41. The number of carbonyl (C=O) groups excluding carboxylic acids is 1. The van der Waals surface area contributed by atoms with Crippen molar-refractivity contribution in [1.82, 2.24) is 9.80 Å². The van der Waals surface area contributed by atoms with Crippen molar-refractivity contribution in [2.45, 2.75) is 64.0 Å². The monoisotopic (exact) mass is 250 g/mol. The third-order valence-corrected chi connectivity index (χ3v) is 5.30. The molecule has 3 aliphatic rings. The van der Waals surface area contributed by atoms with Crippen LogP contribution >= 0.6 is 0 Å². The third-order valence-electron chi connectivity index (χ3n) is 5.30. The molecule has 3 heteroatoms. The molecule has 2 atom stereocenters. The Morgan fingerprint density at radius 1 is 1.00 bits per heavy atom. The van der Waals surface area contributed by atoms with Gasteiger partial charge >= 0.3 is 0 Å². The van der Waals surface area contributed by atoms with Crippen LogP contribution < -0.4 is 0 Å². The number of hydrogen-bond donors (Lipinski definition) is 0. The molecule has 3 nitrogen and oxygen atoms in total. The quantitative estimate of drug-likeness (QED) is 0.767. The fraction of sp³-hybridized carbons (Fsp3) is 0.933. The SMILES string of the molecule is CCN1CCC[C@@H]1[C@H]1CCCN1C(=O)C1CCC1. The average molecular weight is 250 g/mol. The molecule has 2 saturated heterocycles. The van der Waals surface area contributed by atoms with Gasteiger partial charge in [0.25, 0.3) is 0 Å². The highest BCUT2D eigenvalue weighted by molar-refractivity contribution is 5.80. The van der Waals surface area contributed by atoms with Gasteiger partial charge in [0.1, 0.15) is 0 Å². The van der Waals surface area contributed by atoms with Gasteiger partial charge in [0.05, 0.1) is 0 Å². The fourth-order valence-electron chi connectivity index (χ4n) is 4.04. The second kappa shape index (κ2) is 5.20. The summed E-state index contributed by atoms with van der Waals surface area (Å²) in [6.07, 6.45) is 8.62. The van der Waals surface area contributed by atoms with Crippen LogP contribution in [0, 0.1) is 5.92 Å². The first-order valence-electron chi connectivity index (χ1n) is 7.85. The molecule has 2 aliphatic heterocycles. The van der Waals surface area contributed by atoms with E-state index in [4.69, 9.17) is 0 Å². The largest absolute Gasteiger partial charge is 0.338 e. The maximum atomic E-state index is 12.5. The van der Waals surface area contributed by atoms with Crippen LogP contribution in [0.15, 0.2) is 0 Å². The Morgan fingerprint density at radius 2 is 1.72 bits per heavy atom. The van der Waals surface area contributed by atoms with E-state index in [1.165, 1.54) is 38.6 Å². The number of likely N-dealkylation sites (N-methyl/N-ethyl adjacent to an activating group) is 1. The molecular formula is C15H26N2O. The Kier molecular flexibility index (Phi) is 3.60. The standard InChI is InChI=1S/C15H26N2O/c1-2-16-10-4-8-13(16)14-9-5-11-17(14)15(18)12-6-3-7-12/h12-14H,2-11H2,1H3/t13-,14-/m1/s1. The van der Waals surface area contributed by atoms with Crippen LogP contribution in [0.5, 0.6) is 0 Å². The van der Waals surface area contributed by atoms with Crippen molar-refractivity contribution in [3.63, 3.8) is 0 Å². The predicted octanol–water partition coefficient (Wildman–Crippen LogP) is 2.26. The van der Waals surface area contributed by atoms with Crippen LogP contribution in [-0.2, 0) is 4.79 Å². The molecule has 2 heterocycles. The summed E-state index contributed by atoms with van der Waals surface area (Å²) in [5.74, 6) is 0.855. The summed E-state index contributed by atoms with van der Waals surface area (Å²) in [6.45, 7) is 5.66. The van der Waals surface area contributed by atoms with E-state index in [0.29, 0.717) is 23.9 Å². The van der Waals surface area contributed by atoms with Gasteiger partial charge < -0.3 is 4.90 Å². The molecule has 0 N–H and O–H groups in total. The van der Waals surface area contributed by atoms with Gasteiger partial charge in [-0.1, -0.05) is 13.3 Å². The first kappa shape index (κ1) is 12.5. The van der Waals surface area contributed by atoms with Gasteiger partial charge in [-0.15, -0.1) is 0 Å². The van der Waals surface area contributed by atoms with Crippen molar-refractivity contribution in [1.29, 1.82) is 0 Å². The minimum absolute atomic E-state index is 0.377. The number of amides is 1. The Morgan fingerprint density at radius 3 is 2.39 bits per heavy atom. The van der Waals surface area contributed by atoms with E-state index in [1.54, 1.807) is 0 Å². The van der Waals surface area contributed by atoms with Gasteiger partial charge in [0.15, 0.2) is 0 Å². The van der Waals surface area contributed by atoms with Crippen molar-refractivity contribution >= 4 is 5.91 Å². The maximum Gasteiger partial charge on any atom is 0.225 e. The first-order chi connectivity index (χ1) is 8.81. The highest BCUT2D eigenvalue weighted by Crippen LogP contribution is 2.34. The van der Waals surface area contributed by atoms with Gasteiger partial charge in [-0.25, -0.2) is 0 Å². The van der Waals surface area contributed by atoms with Crippen LogP contribution in [0.3, 0.4) is 0 Å². The van der Waals surface area contributed by atoms with E-state index in [9.17, 15) is 4.79 Å². The zero-order valence-corrected chi connectivity index (χ0v) is 11.6. The Hall–Kier alpha value is -0.570. The topological polar surface area (TPSA) is 23.6 Å². The zero-order valence-electron chi connectivity index (χ0n) is 11.6. The van der Waals surface area contributed by atoms with Gasteiger partial charge in [-0.05, 0) is 51.6 Å². The first-order valence-corrected chi connectivity index (χ1v) is 7.85. The van der Waals surface area contributed by atoms with Crippen LogP contribution in [0.1, 0.15) is 51.9 Å². The number of nitrogens with zero attached hydrogens (tertiary/aromatic N) is 2. The summed E-state index contributed by atoms with van der Waals surface area (Å²) in [7, 11) is 0. The Bertz CT molecular complexity index is 314. The van der Waals surface area contributed by atoms with Crippen molar-refractivity contribution in [2.75, 3.05) is 19.6 Å². The van der Waals surface area contributed by atoms with Crippen LogP contribution in [-0.4, -0.2) is 47.4 Å². The molecule has 0 radical (unpaired) electrons. The number of carbonyl (C=O) groups is 1. The molecular weight excluding hydrogens is 224 g/mol. The van der Waals surface area contributed by atoms with Crippen LogP contribution in [0.25, 0.3) is 0 Å². The molecule has 0 aromatic carbocycles. The van der Waals surface area contributed by atoms with E-state index in [-0.39, 0.29) is 0 Å². The minimum atomic E-state index is 0.377. The second-order valence-corrected chi connectivity index (χ2v) is 6.21. The minimum Gasteiger partial charge on any atom is -0.338 e. The lowest BCUT2D eigenvalue weighted by molar-refractivity contribution is -0.140. The third kappa shape index (κ3) is 2.07. The summed E-state index contributed by atoms with van der Waals surface area (Å²) in [4.78, 5) is 17.3. The van der Waals surface area contributed by atoms with Gasteiger partial charge in [-0.2, -0.15) is 0 Å². The molecule has 1 aliphatic carbocycles. The van der Waals surface area contributed by atoms with E-state index >= 15 is 0 Å². The molecule has 0 spiro atoms. The van der Waals surface area contributed by atoms with Crippen molar-refractivity contribution < 1.29 is 4.79 Å². The summed E-state index contributed by atoms with van der Waals surface area (Å²) in [5.41, 5.74) is 0. The smallest absolute Gasteiger partial charge is 0.225 e. The molecule has 1 amide bonds. The van der Waals surface area contributed by atoms with E-state index < -0.39 is 0 Å². The summed E-state index contributed by atoms with van der Waals surface area (Å²) >= 11 is 0. The molecule has 3 fully saturated rings. The van der Waals surface area contributed by atoms with Crippen molar-refractivity contribution in [2.24, 2.45) is 5.92 Å². The number of rotatable bonds is 3. The van der Waals surface area contributed by atoms with Gasteiger partial charge in [-0.3, -0.25) is 9.69 Å². The second-order valence-electron chi connectivity index (χ2n) is 6.21. The molecule has 1 saturated carbocycles. The maximum absolute atomic E-state index is 12.5. The van der Waals surface area contributed by atoms with E-state index in [1.807, 2.05) is 0 Å². The molecule has 0 unspecified atom stereocenters. The average Bonchev–Trinajstić information content (AvgIpc) is 2.94. The van der Waals surface area contributed by atoms with Gasteiger partial charge in [0, 0.05) is 24.5 Å². The lowest BCUT2D eigenvalue weighted by atomic mass is 9.84. The summed E-state index contributed by atoms with van der Waals surface area (Å²) in [6, 6.07) is 1.18. The van der Waals surface area contributed by atoms with Crippen molar-refractivity contribution in [3.05, 3.63) is 0 Å². The number of hydrogen-bond acceptors (Lipinski definition) is 2. The summed E-state index contributed by atoms with van der Waals surface area (Å²) in [5, 5.41) is 0. The Balaban J connectivity index is 1.68. The zero-order chi connectivity index (χ0) is 12.5. The molecule has 18 heavy (non-hydrogen) atoms. The van der Waals surface area contributed by atoms with E-state index in [2.05, 4.69) is 16.7 Å². The lowest BCUT2D eigenvalue weighted by Gasteiger charge is -2.38. The molecule has 0 aromatic rings. The molecule has 0 bridgehead atoms. The Labute approximate surface area is 111 Å². The number of likely N-dealkylation sites (tertiary alicyclic amines) is 2. The lowest BCUT2D eigenvalue weighted by Crippen LogP contribution is -2.50. The highest BCUT2D eigenvalue weighted by atomic mass is 16.2. The van der Waals surface area contributed by atoms with Gasteiger partial charge in [0.2, 0.25) is 5.91 Å².